The second kappa shape index (κ2) is 4.43. The number of hydrogen-bond acceptors (Lipinski definition) is 3. The SMILES string of the molecule is CC(=O)C12CCC(C)(O1)C(OCc1ccccc1)C2. The van der Waals surface area contributed by atoms with Crippen LogP contribution in [0.4, 0.5) is 0 Å². The van der Waals surface area contributed by atoms with E-state index in [4.69, 9.17) is 9.47 Å². The van der Waals surface area contributed by atoms with Crippen molar-refractivity contribution in [3.63, 3.8) is 0 Å². The van der Waals surface area contributed by atoms with Crippen LogP contribution in [-0.2, 0) is 20.9 Å². The van der Waals surface area contributed by atoms with Gasteiger partial charge in [0.05, 0.1) is 18.3 Å². The van der Waals surface area contributed by atoms with E-state index >= 15 is 0 Å². The van der Waals surface area contributed by atoms with E-state index in [1.165, 1.54) is 0 Å². The molecule has 0 radical (unpaired) electrons. The molecule has 19 heavy (non-hydrogen) atoms. The lowest BCUT2D eigenvalue weighted by Crippen LogP contribution is -2.39. The molecule has 0 aromatic heterocycles. The summed E-state index contributed by atoms with van der Waals surface area (Å²) in [5.41, 5.74) is 0.294. The van der Waals surface area contributed by atoms with Crippen molar-refractivity contribution < 1.29 is 14.3 Å². The van der Waals surface area contributed by atoms with Crippen LogP contribution in [0.1, 0.15) is 38.7 Å². The summed E-state index contributed by atoms with van der Waals surface area (Å²) >= 11 is 0. The standard InChI is InChI=1S/C16H20O3/c1-12(17)16-9-8-15(2,19-16)14(10-16)18-11-13-6-4-3-5-7-13/h3-7,14H,8-11H2,1-2H3. The predicted octanol–water partition coefficient (Wildman–Crippen LogP) is 2.87. The van der Waals surface area contributed by atoms with E-state index < -0.39 is 5.60 Å². The lowest BCUT2D eigenvalue weighted by molar-refractivity contribution is -0.140. The first-order chi connectivity index (χ1) is 9.04. The molecule has 0 aliphatic carbocycles. The van der Waals surface area contributed by atoms with Crippen LogP contribution in [0.2, 0.25) is 0 Å². The Labute approximate surface area is 113 Å². The zero-order valence-corrected chi connectivity index (χ0v) is 11.5. The van der Waals surface area contributed by atoms with Gasteiger partial charge in [0.25, 0.3) is 0 Å². The Kier molecular flexibility index (Phi) is 2.99. The molecule has 0 saturated carbocycles. The lowest BCUT2D eigenvalue weighted by Gasteiger charge is -2.29. The van der Waals surface area contributed by atoms with Crippen molar-refractivity contribution in [3.8, 4) is 0 Å². The van der Waals surface area contributed by atoms with Crippen LogP contribution in [0.25, 0.3) is 0 Å². The van der Waals surface area contributed by atoms with Crippen LogP contribution >= 0.6 is 0 Å². The maximum absolute atomic E-state index is 11.8. The molecule has 0 amide bonds. The fraction of sp³-hybridized carbons (Fsp3) is 0.562. The molecule has 1 aromatic carbocycles. The van der Waals surface area contributed by atoms with Crippen molar-refractivity contribution in [2.45, 2.75) is 57.0 Å². The molecule has 3 heteroatoms. The summed E-state index contributed by atoms with van der Waals surface area (Å²) in [6, 6.07) is 10.1. The molecule has 2 aliphatic heterocycles. The van der Waals surface area contributed by atoms with Crippen LogP contribution in [0.3, 0.4) is 0 Å². The van der Waals surface area contributed by atoms with Gasteiger partial charge in [0, 0.05) is 6.42 Å². The maximum atomic E-state index is 11.8. The molecular formula is C16H20O3. The number of carbonyl (C=O) groups is 1. The van der Waals surface area contributed by atoms with Gasteiger partial charge in [-0.15, -0.1) is 0 Å². The Hall–Kier alpha value is -1.19. The summed E-state index contributed by atoms with van der Waals surface area (Å²) in [6.07, 6.45) is 2.47. The van der Waals surface area contributed by atoms with Crippen LogP contribution < -0.4 is 0 Å². The molecule has 2 saturated heterocycles. The van der Waals surface area contributed by atoms with E-state index in [9.17, 15) is 4.79 Å². The Morgan fingerprint density at radius 2 is 2.11 bits per heavy atom. The van der Waals surface area contributed by atoms with Crippen molar-refractivity contribution in [2.75, 3.05) is 0 Å². The van der Waals surface area contributed by atoms with Gasteiger partial charge in [-0.3, -0.25) is 4.79 Å². The smallest absolute Gasteiger partial charge is 0.161 e. The average molecular weight is 260 g/mol. The van der Waals surface area contributed by atoms with Crippen LogP contribution in [0.5, 0.6) is 0 Å². The third-order valence-electron chi connectivity index (χ3n) is 4.59. The van der Waals surface area contributed by atoms with Crippen molar-refractivity contribution in [3.05, 3.63) is 35.9 Å². The van der Waals surface area contributed by atoms with Crippen molar-refractivity contribution in [1.29, 1.82) is 0 Å². The van der Waals surface area contributed by atoms with Gasteiger partial charge in [0.2, 0.25) is 0 Å². The van der Waals surface area contributed by atoms with Gasteiger partial charge in [-0.05, 0) is 32.3 Å². The minimum Gasteiger partial charge on any atom is -0.370 e. The molecule has 3 rings (SSSR count). The van der Waals surface area contributed by atoms with Crippen LogP contribution in [0, 0.1) is 0 Å². The summed E-state index contributed by atoms with van der Waals surface area (Å²) in [5, 5.41) is 0. The monoisotopic (exact) mass is 260 g/mol. The molecule has 2 fully saturated rings. The summed E-state index contributed by atoms with van der Waals surface area (Å²) in [4.78, 5) is 11.8. The summed E-state index contributed by atoms with van der Waals surface area (Å²) < 4.78 is 12.1. The Balaban J connectivity index is 1.69. The number of rotatable bonds is 4. The highest BCUT2D eigenvalue weighted by molar-refractivity contribution is 5.86. The first kappa shape index (κ1) is 12.8. The van der Waals surface area contributed by atoms with Crippen molar-refractivity contribution in [1.82, 2.24) is 0 Å². The Morgan fingerprint density at radius 3 is 2.74 bits per heavy atom. The summed E-state index contributed by atoms with van der Waals surface area (Å²) in [5.74, 6) is 0.141. The van der Waals surface area contributed by atoms with Gasteiger partial charge < -0.3 is 9.47 Å². The molecular weight excluding hydrogens is 240 g/mol. The highest BCUT2D eigenvalue weighted by Crippen LogP contribution is 2.52. The van der Waals surface area contributed by atoms with E-state index in [1.54, 1.807) is 6.92 Å². The number of carbonyl (C=O) groups excluding carboxylic acids is 1. The Morgan fingerprint density at radius 1 is 1.37 bits per heavy atom. The van der Waals surface area contributed by atoms with E-state index in [2.05, 4.69) is 19.1 Å². The molecule has 0 N–H and O–H groups in total. The van der Waals surface area contributed by atoms with Crippen molar-refractivity contribution in [2.24, 2.45) is 0 Å². The van der Waals surface area contributed by atoms with Gasteiger partial charge in [0.1, 0.15) is 5.60 Å². The van der Waals surface area contributed by atoms with Crippen LogP contribution in [-0.4, -0.2) is 23.1 Å². The maximum Gasteiger partial charge on any atom is 0.161 e. The number of Topliss-reactive ketones (excluding diaryl/α,β-unsaturated/α-hetero) is 1. The number of benzene rings is 1. The normalized spacial score (nSPS) is 36.6. The van der Waals surface area contributed by atoms with Gasteiger partial charge in [-0.1, -0.05) is 30.3 Å². The minimum absolute atomic E-state index is 0.0188. The number of ether oxygens (including phenoxy) is 2. The fourth-order valence-electron chi connectivity index (χ4n) is 3.28. The Bertz CT molecular complexity index is 484. The number of hydrogen-bond donors (Lipinski definition) is 0. The molecule has 102 valence electrons. The largest absolute Gasteiger partial charge is 0.370 e. The highest BCUT2D eigenvalue weighted by atomic mass is 16.6. The van der Waals surface area contributed by atoms with Crippen molar-refractivity contribution >= 4 is 5.78 Å². The molecule has 1 aromatic rings. The molecule has 0 spiro atoms. The highest BCUT2D eigenvalue weighted by Gasteiger charge is 2.61. The van der Waals surface area contributed by atoms with E-state index in [0.29, 0.717) is 13.0 Å². The topological polar surface area (TPSA) is 35.5 Å². The third kappa shape index (κ3) is 2.11. The van der Waals surface area contributed by atoms with E-state index in [0.717, 1.165) is 18.4 Å². The van der Waals surface area contributed by atoms with Gasteiger partial charge in [0.15, 0.2) is 5.78 Å². The first-order valence-electron chi connectivity index (χ1n) is 6.91. The third-order valence-corrected chi connectivity index (χ3v) is 4.59. The van der Waals surface area contributed by atoms with Gasteiger partial charge >= 0.3 is 0 Å². The van der Waals surface area contributed by atoms with Crippen LogP contribution in [0.15, 0.2) is 30.3 Å². The molecule has 3 nitrogen and oxygen atoms in total. The summed E-state index contributed by atoms with van der Waals surface area (Å²) in [7, 11) is 0. The zero-order chi connectivity index (χ0) is 13.5. The lowest BCUT2D eigenvalue weighted by atomic mass is 9.79. The van der Waals surface area contributed by atoms with Gasteiger partial charge in [-0.25, -0.2) is 0 Å². The quantitative estimate of drug-likeness (QED) is 0.835. The van der Waals surface area contributed by atoms with E-state index in [-0.39, 0.29) is 17.5 Å². The molecule has 2 bridgehead atoms. The second-order valence-corrected chi connectivity index (χ2v) is 5.95. The zero-order valence-electron chi connectivity index (χ0n) is 11.5. The molecule has 3 unspecified atom stereocenters. The second-order valence-electron chi connectivity index (χ2n) is 5.95. The molecule has 3 atom stereocenters. The summed E-state index contributed by atoms with van der Waals surface area (Å²) in [6.45, 7) is 4.28. The first-order valence-corrected chi connectivity index (χ1v) is 6.91. The average Bonchev–Trinajstić information content (AvgIpc) is 2.90. The molecule has 2 aliphatic rings. The molecule has 2 heterocycles. The van der Waals surface area contributed by atoms with E-state index in [1.807, 2.05) is 18.2 Å². The minimum atomic E-state index is -0.573. The number of ketones is 1. The fourth-order valence-corrected chi connectivity index (χ4v) is 3.28. The van der Waals surface area contributed by atoms with Gasteiger partial charge in [-0.2, -0.15) is 0 Å². The number of fused-ring (bicyclic) bond motifs is 2. The predicted molar refractivity (Wildman–Crippen MR) is 71.8 cm³/mol.